The number of ether oxygens (including phenoxy) is 2. The van der Waals surface area contributed by atoms with Crippen molar-refractivity contribution < 1.29 is 14.3 Å². The zero-order valence-electron chi connectivity index (χ0n) is 16.8. The van der Waals surface area contributed by atoms with E-state index >= 15 is 0 Å². The Morgan fingerprint density at radius 2 is 1.94 bits per heavy atom. The molecule has 5 rings (SSSR count). The molecule has 2 aliphatic rings. The lowest BCUT2D eigenvalue weighted by Crippen LogP contribution is -2.50. The number of hydrogen-bond donors (Lipinski definition) is 2. The van der Waals surface area contributed by atoms with Gasteiger partial charge in [0.15, 0.2) is 0 Å². The predicted octanol–water partition coefficient (Wildman–Crippen LogP) is 2.85. The number of halogens is 1. The fraction of sp³-hybridized carbons (Fsp3) is 0.318. The average Bonchev–Trinajstić information content (AvgIpc) is 2.78. The van der Waals surface area contributed by atoms with E-state index in [4.69, 9.17) is 21.1 Å². The van der Waals surface area contributed by atoms with Crippen LogP contribution in [0.1, 0.15) is 10.4 Å². The summed E-state index contributed by atoms with van der Waals surface area (Å²) < 4.78 is 11.3. The van der Waals surface area contributed by atoms with Crippen molar-refractivity contribution in [2.75, 3.05) is 44.7 Å². The van der Waals surface area contributed by atoms with Crippen LogP contribution in [-0.2, 0) is 4.74 Å². The van der Waals surface area contributed by atoms with Gasteiger partial charge in [-0.25, -0.2) is 9.97 Å². The van der Waals surface area contributed by atoms with Gasteiger partial charge in [-0.2, -0.15) is 0 Å². The lowest BCUT2D eigenvalue weighted by molar-refractivity contribution is 0.0303. The Bertz CT molecular complexity index is 1100. The SMILES string of the molecule is O=C(c1ccc(Nc2ncc3c(Cl)ccc(OC4CNC4)c3n2)cc1)N1CCOCC1. The van der Waals surface area contributed by atoms with E-state index in [1.807, 2.05) is 18.2 Å². The van der Waals surface area contributed by atoms with Gasteiger partial charge in [-0.3, -0.25) is 4.79 Å². The van der Waals surface area contributed by atoms with E-state index in [1.165, 1.54) is 0 Å². The van der Waals surface area contributed by atoms with Crippen LogP contribution in [0.2, 0.25) is 5.02 Å². The summed E-state index contributed by atoms with van der Waals surface area (Å²) in [5, 5.41) is 7.70. The molecule has 3 heterocycles. The van der Waals surface area contributed by atoms with Gasteiger partial charge in [-0.1, -0.05) is 11.6 Å². The second-order valence-corrected chi connectivity index (χ2v) is 7.91. The number of benzene rings is 2. The van der Waals surface area contributed by atoms with E-state index in [0.717, 1.165) is 24.2 Å². The molecule has 0 unspecified atom stereocenters. The number of fused-ring (bicyclic) bond motifs is 1. The Balaban J connectivity index is 1.35. The summed E-state index contributed by atoms with van der Waals surface area (Å²) in [4.78, 5) is 23.4. The Morgan fingerprint density at radius 1 is 1.16 bits per heavy atom. The molecule has 0 atom stereocenters. The number of carbonyl (C=O) groups is 1. The third-order valence-corrected chi connectivity index (χ3v) is 5.71. The molecule has 1 aromatic heterocycles. The maximum absolute atomic E-state index is 12.6. The zero-order valence-corrected chi connectivity index (χ0v) is 17.6. The third-order valence-electron chi connectivity index (χ3n) is 5.38. The van der Waals surface area contributed by atoms with Crippen LogP contribution in [0.3, 0.4) is 0 Å². The number of nitrogens with one attached hydrogen (secondary N) is 2. The fourth-order valence-electron chi connectivity index (χ4n) is 3.52. The highest BCUT2D eigenvalue weighted by Gasteiger charge is 2.21. The number of anilines is 2. The summed E-state index contributed by atoms with van der Waals surface area (Å²) in [6.45, 7) is 4.03. The molecule has 2 aliphatic heterocycles. The van der Waals surface area contributed by atoms with Crippen LogP contribution in [0.5, 0.6) is 5.75 Å². The Kier molecular flexibility index (Phi) is 5.59. The standard InChI is InChI=1S/C22H22ClN5O3/c23-18-5-6-19(31-16-11-24-12-16)20-17(18)13-25-22(27-20)26-15-3-1-14(2-4-15)21(29)28-7-9-30-10-8-28/h1-6,13,16,24H,7-12H2,(H,25,26,27). The minimum Gasteiger partial charge on any atom is -0.485 e. The average molecular weight is 440 g/mol. The van der Waals surface area contributed by atoms with Crippen LogP contribution in [-0.4, -0.2) is 66.3 Å². The summed E-state index contributed by atoms with van der Waals surface area (Å²) in [7, 11) is 0. The quantitative estimate of drug-likeness (QED) is 0.631. The predicted molar refractivity (Wildman–Crippen MR) is 118 cm³/mol. The summed E-state index contributed by atoms with van der Waals surface area (Å²) in [5.74, 6) is 1.13. The summed E-state index contributed by atoms with van der Waals surface area (Å²) in [5.41, 5.74) is 2.09. The minimum atomic E-state index is 0.0127. The molecule has 8 nitrogen and oxygen atoms in total. The maximum Gasteiger partial charge on any atom is 0.254 e. The molecule has 2 N–H and O–H groups in total. The molecule has 0 aliphatic carbocycles. The second kappa shape index (κ2) is 8.66. The molecule has 160 valence electrons. The third kappa shape index (κ3) is 4.27. The van der Waals surface area contributed by atoms with E-state index < -0.39 is 0 Å². The number of aromatic nitrogens is 2. The van der Waals surface area contributed by atoms with Crippen molar-refractivity contribution in [2.24, 2.45) is 0 Å². The molecule has 0 radical (unpaired) electrons. The van der Waals surface area contributed by atoms with Gasteiger partial charge in [-0.15, -0.1) is 0 Å². The Labute approximate surface area is 184 Å². The molecular weight excluding hydrogens is 418 g/mol. The molecule has 31 heavy (non-hydrogen) atoms. The van der Waals surface area contributed by atoms with Gasteiger partial charge in [0.05, 0.1) is 18.2 Å². The molecule has 0 spiro atoms. The highest BCUT2D eigenvalue weighted by molar-refractivity contribution is 6.35. The summed E-state index contributed by atoms with van der Waals surface area (Å²) >= 11 is 6.33. The lowest BCUT2D eigenvalue weighted by atomic mass is 10.1. The number of amides is 1. The summed E-state index contributed by atoms with van der Waals surface area (Å²) in [6, 6.07) is 10.9. The van der Waals surface area contributed by atoms with E-state index in [-0.39, 0.29) is 12.0 Å². The zero-order chi connectivity index (χ0) is 21.2. The topological polar surface area (TPSA) is 88.6 Å². The van der Waals surface area contributed by atoms with Crippen molar-refractivity contribution in [1.29, 1.82) is 0 Å². The van der Waals surface area contributed by atoms with Gasteiger partial charge in [0.25, 0.3) is 5.91 Å². The van der Waals surface area contributed by atoms with Crippen molar-refractivity contribution >= 4 is 40.0 Å². The molecule has 0 bridgehead atoms. The van der Waals surface area contributed by atoms with Gasteiger partial charge < -0.3 is 25.0 Å². The van der Waals surface area contributed by atoms with Crippen LogP contribution in [0.4, 0.5) is 11.6 Å². The van der Waals surface area contributed by atoms with E-state index in [9.17, 15) is 4.79 Å². The van der Waals surface area contributed by atoms with Gasteiger partial charge in [-0.05, 0) is 36.4 Å². The smallest absolute Gasteiger partial charge is 0.254 e. The van der Waals surface area contributed by atoms with E-state index in [2.05, 4.69) is 20.6 Å². The first kappa shape index (κ1) is 20.0. The van der Waals surface area contributed by atoms with Crippen LogP contribution < -0.4 is 15.4 Å². The second-order valence-electron chi connectivity index (χ2n) is 7.51. The first-order valence-corrected chi connectivity index (χ1v) is 10.6. The molecule has 2 saturated heterocycles. The number of nitrogens with zero attached hydrogens (tertiary/aromatic N) is 3. The van der Waals surface area contributed by atoms with E-state index in [1.54, 1.807) is 29.3 Å². The van der Waals surface area contributed by atoms with Crippen LogP contribution in [0, 0.1) is 0 Å². The molecule has 2 fully saturated rings. The van der Waals surface area contributed by atoms with Crippen molar-refractivity contribution in [1.82, 2.24) is 20.2 Å². The maximum atomic E-state index is 12.6. The van der Waals surface area contributed by atoms with Crippen LogP contribution in [0.25, 0.3) is 10.9 Å². The van der Waals surface area contributed by atoms with Crippen LogP contribution >= 0.6 is 11.6 Å². The number of carbonyl (C=O) groups excluding carboxylic acids is 1. The summed E-state index contributed by atoms with van der Waals surface area (Å²) in [6.07, 6.45) is 1.82. The monoisotopic (exact) mass is 439 g/mol. The minimum absolute atomic E-state index is 0.0127. The first-order valence-electron chi connectivity index (χ1n) is 10.2. The van der Waals surface area contributed by atoms with Gasteiger partial charge in [0.2, 0.25) is 5.95 Å². The Hall–Kier alpha value is -2.94. The van der Waals surface area contributed by atoms with Crippen molar-refractivity contribution in [2.45, 2.75) is 6.10 Å². The molecule has 1 amide bonds. The lowest BCUT2D eigenvalue weighted by Gasteiger charge is -2.28. The van der Waals surface area contributed by atoms with Crippen molar-refractivity contribution in [3.05, 3.63) is 53.2 Å². The largest absolute Gasteiger partial charge is 0.485 e. The van der Waals surface area contributed by atoms with Gasteiger partial charge in [0.1, 0.15) is 17.4 Å². The molecule has 3 aromatic rings. The number of rotatable bonds is 5. The number of morpholine rings is 1. The molecule has 9 heteroatoms. The number of hydrogen-bond acceptors (Lipinski definition) is 7. The van der Waals surface area contributed by atoms with Crippen LogP contribution in [0.15, 0.2) is 42.6 Å². The first-order chi connectivity index (χ1) is 15.2. The van der Waals surface area contributed by atoms with Gasteiger partial charge in [0, 0.05) is 49.0 Å². The van der Waals surface area contributed by atoms with E-state index in [0.29, 0.717) is 54.1 Å². The highest BCUT2D eigenvalue weighted by atomic mass is 35.5. The molecule has 0 saturated carbocycles. The van der Waals surface area contributed by atoms with Crippen molar-refractivity contribution in [3.63, 3.8) is 0 Å². The highest BCUT2D eigenvalue weighted by Crippen LogP contribution is 2.31. The molecule has 2 aromatic carbocycles. The molecular formula is C22H22ClN5O3. The van der Waals surface area contributed by atoms with Gasteiger partial charge >= 0.3 is 0 Å². The fourth-order valence-corrected chi connectivity index (χ4v) is 3.72. The Morgan fingerprint density at radius 3 is 2.65 bits per heavy atom. The normalized spacial score (nSPS) is 16.7. The van der Waals surface area contributed by atoms with Crippen molar-refractivity contribution in [3.8, 4) is 5.75 Å².